The summed E-state index contributed by atoms with van der Waals surface area (Å²) in [6, 6.07) is 12.0. The van der Waals surface area contributed by atoms with Crippen LogP contribution >= 0.6 is 0 Å². The number of halogens is 1. The molecule has 0 bridgehead atoms. The maximum Gasteiger partial charge on any atom is 0.253 e. The summed E-state index contributed by atoms with van der Waals surface area (Å²) in [5.41, 5.74) is 7.18. The fraction of sp³-hybridized carbons (Fsp3) is 0.261. The first-order valence-corrected chi connectivity index (χ1v) is 11.7. The summed E-state index contributed by atoms with van der Waals surface area (Å²) < 4.78 is 40.4. The third kappa shape index (κ3) is 4.55. The highest BCUT2D eigenvalue weighted by Crippen LogP contribution is 2.36. The van der Waals surface area contributed by atoms with Crippen LogP contribution in [0.4, 0.5) is 4.39 Å². The second-order valence-electron chi connectivity index (χ2n) is 7.72. The standard InChI is InChI=1S/C23H26FN3O3S/c1-15-22(16-6-5-7-19(12-16)31(4,29)30)20-13-17(23(28)26(2)3)8-9-21(20)27(15)14-18(24)10-11-25/h5-10,12-13H,11,14,25H2,1-4H3/p+1. The van der Waals surface area contributed by atoms with Crippen molar-refractivity contribution in [3.63, 3.8) is 0 Å². The van der Waals surface area contributed by atoms with E-state index in [1.807, 2.05) is 17.6 Å². The molecule has 6 nitrogen and oxygen atoms in total. The van der Waals surface area contributed by atoms with E-state index in [0.29, 0.717) is 17.7 Å². The summed E-state index contributed by atoms with van der Waals surface area (Å²) in [5.74, 6) is -0.453. The van der Waals surface area contributed by atoms with Gasteiger partial charge < -0.3 is 15.2 Å². The zero-order valence-electron chi connectivity index (χ0n) is 18.1. The zero-order chi connectivity index (χ0) is 22.9. The van der Waals surface area contributed by atoms with Crippen LogP contribution in [-0.4, -0.2) is 50.7 Å². The number of carbonyl (C=O) groups excluding carboxylic acids is 1. The highest BCUT2D eigenvalue weighted by Gasteiger charge is 2.20. The van der Waals surface area contributed by atoms with E-state index in [1.165, 1.54) is 11.0 Å². The molecule has 3 aromatic rings. The lowest BCUT2D eigenvalue weighted by atomic mass is 10.0. The maximum absolute atomic E-state index is 14.4. The van der Waals surface area contributed by atoms with E-state index in [0.717, 1.165) is 28.4 Å². The Kier molecular flexibility index (Phi) is 6.33. The van der Waals surface area contributed by atoms with Crippen molar-refractivity contribution in [3.05, 3.63) is 65.6 Å². The lowest BCUT2D eigenvalue weighted by molar-refractivity contribution is -0.353. The number of carbonyl (C=O) groups is 1. The molecule has 2 aromatic carbocycles. The van der Waals surface area contributed by atoms with Crippen LogP contribution in [0.3, 0.4) is 0 Å². The van der Waals surface area contributed by atoms with E-state index in [2.05, 4.69) is 5.73 Å². The van der Waals surface area contributed by atoms with Gasteiger partial charge in [0.2, 0.25) is 0 Å². The Morgan fingerprint density at radius 3 is 2.52 bits per heavy atom. The number of nitrogens with zero attached hydrogens (tertiary/aromatic N) is 2. The Labute approximate surface area is 181 Å². The van der Waals surface area contributed by atoms with Crippen LogP contribution in [0.25, 0.3) is 22.0 Å². The predicted octanol–water partition coefficient (Wildman–Crippen LogP) is 2.82. The first-order chi connectivity index (χ1) is 14.5. The molecule has 164 valence electrons. The molecule has 0 saturated heterocycles. The van der Waals surface area contributed by atoms with Crippen molar-refractivity contribution in [2.45, 2.75) is 18.4 Å². The monoisotopic (exact) mass is 444 g/mol. The molecule has 1 aromatic heterocycles. The Balaban J connectivity index is 2.33. The van der Waals surface area contributed by atoms with Crippen molar-refractivity contribution in [1.82, 2.24) is 9.47 Å². The largest absolute Gasteiger partial charge is 0.354 e. The molecule has 3 rings (SSSR count). The number of hydrogen-bond acceptors (Lipinski definition) is 3. The van der Waals surface area contributed by atoms with Gasteiger partial charge in [0.05, 0.1) is 18.0 Å². The van der Waals surface area contributed by atoms with Gasteiger partial charge in [0.1, 0.15) is 5.83 Å². The Morgan fingerprint density at radius 2 is 1.90 bits per heavy atom. The summed E-state index contributed by atoms with van der Waals surface area (Å²) in [7, 11) is -0.0375. The van der Waals surface area contributed by atoms with Crippen molar-refractivity contribution < 1.29 is 23.3 Å². The number of hydrogen-bond donors (Lipinski definition) is 1. The molecule has 0 aliphatic carbocycles. The molecule has 0 fully saturated rings. The smallest absolute Gasteiger partial charge is 0.253 e. The van der Waals surface area contributed by atoms with E-state index in [1.54, 1.807) is 50.5 Å². The predicted molar refractivity (Wildman–Crippen MR) is 120 cm³/mol. The number of rotatable bonds is 6. The Morgan fingerprint density at radius 1 is 1.19 bits per heavy atom. The van der Waals surface area contributed by atoms with Crippen LogP contribution in [-0.2, 0) is 16.4 Å². The SMILES string of the molecule is Cc1c(-c2cccc(S(C)(=O)=O)c2)c2cc(C(=O)N(C)C)ccc2n1CC(F)=CC[NH3+]. The quantitative estimate of drug-likeness (QED) is 0.634. The van der Waals surface area contributed by atoms with Crippen molar-refractivity contribution >= 4 is 26.6 Å². The van der Waals surface area contributed by atoms with E-state index in [9.17, 15) is 17.6 Å². The van der Waals surface area contributed by atoms with Crippen LogP contribution in [0.2, 0.25) is 0 Å². The molecule has 0 saturated carbocycles. The average molecular weight is 445 g/mol. The summed E-state index contributed by atoms with van der Waals surface area (Å²) in [6.45, 7) is 2.24. The first kappa shape index (κ1) is 22.7. The number of benzene rings is 2. The number of allylic oxidation sites excluding steroid dienone is 1. The van der Waals surface area contributed by atoms with Gasteiger partial charge in [0, 0.05) is 54.2 Å². The van der Waals surface area contributed by atoms with Gasteiger partial charge in [0.25, 0.3) is 5.91 Å². The highest BCUT2D eigenvalue weighted by molar-refractivity contribution is 7.90. The van der Waals surface area contributed by atoms with E-state index < -0.39 is 9.84 Å². The van der Waals surface area contributed by atoms with Crippen LogP contribution in [0.1, 0.15) is 16.1 Å². The van der Waals surface area contributed by atoms with Crippen molar-refractivity contribution in [3.8, 4) is 11.1 Å². The topological polar surface area (TPSA) is 87.0 Å². The van der Waals surface area contributed by atoms with Crippen molar-refractivity contribution in [2.75, 3.05) is 26.9 Å². The van der Waals surface area contributed by atoms with Gasteiger partial charge in [-0.15, -0.1) is 0 Å². The average Bonchev–Trinajstić information content (AvgIpc) is 2.97. The van der Waals surface area contributed by atoms with Gasteiger partial charge in [-0.05, 0) is 42.8 Å². The molecule has 1 heterocycles. The van der Waals surface area contributed by atoms with Gasteiger partial charge in [-0.2, -0.15) is 0 Å². The molecule has 0 spiro atoms. The summed E-state index contributed by atoms with van der Waals surface area (Å²) in [5, 5.41) is 0.762. The van der Waals surface area contributed by atoms with Crippen LogP contribution in [0.15, 0.2) is 59.3 Å². The molecule has 0 unspecified atom stereocenters. The minimum atomic E-state index is -3.40. The van der Waals surface area contributed by atoms with Crippen LogP contribution in [0.5, 0.6) is 0 Å². The molecule has 3 N–H and O–H groups in total. The van der Waals surface area contributed by atoms with Crippen molar-refractivity contribution in [1.29, 1.82) is 0 Å². The maximum atomic E-state index is 14.4. The zero-order valence-corrected chi connectivity index (χ0v) is 19.0. The molecule has 1 amide bonds. The van der Waals surface area contributed by atoms with Gasteiger partial charge in [-0.25, -0.2) is 12.8 Å². The molecule has 0 atom stereocenters. The lowest BCUT2D eigenvalue weighted by Gasteiger charge is -2.11. The second kappa shape index (κ2) is 8.64. The molecule has 0 aliphatic rings. The third-order valence-corrected chi connectivity index (χ3v) is 6.31. The minimum absolute atomic E-state index is 0.0323. The van der Waals surface area contributed by atoms with Gasteiger partial charge in [-0.3, -0.25) is 4.79 Å². The van der Waals surface area contributed by atoms with E-state index in [-0.39, 0.29) is 23.2 Å². The summed E-state index contributed by atoms with van der Waals surface area (Å²) >= 11 is 0. The molecular formula is C23H27FN3O3S+. The van der Waals surface area contributed by atoms with Gasteiger partial charge >= 0.3 is 0 Å². The molecular weight excluding hydrogens is 417 g/mol. The number of quaternary nitrogens is 1. The van der Waals surface area contributed by atoms with Gasteiger partial charge in [0.15, 0.2) is 9.84 Å². The van der Waals surface area contributed by atoms with Crippen LogP contribution < -0.4 is 5.73 Å². The van der Waals surface area contributed by atoms with Crippen molar-refractivity contribution in [2.24, 2.45) is 0 Å². The molecule has 8 heteroatoms. The van der Waals surface area contributed by atoms with E-state index in [4.69, 9.17) is 0 Å². The normalized spacial score (nSPS) is 12.4. The number of amides is 1. The Hall–Kier alpha value is -2.97. The minimum Gasteiger partial charge on any atom is -0.354 e. The van der Waals surface area contributed by atoms with Crippen LogP contribution in [0, 0.1) is 6.92 Å². The summed E-state index contributed by atoms with van der Waals surface area (Å²) in [4.78, 5) is 14.2. The molecule has 31 heavy (non-hydrogen) atoms. The number of aromatic nitrogens is 1. The second-order valence-corrected chi connectivity index (χ2v) is 9.73. The Bertz CT molecular complexity index is 1290. The number of fused-ring (bicyclic) bond motifs is 1. The molecule has 0 aliphatic heterocycles. The lowest BCUT2D eigenvalue weighted by Crippen LogP contribution is -2.49. The highest BCUT2D eigenvalue weighted by atomic mass is 32.2. The van der Waals surface area contributed by atoms with E-state index >= 15 is 0 Å². The molecule has 0 radical (unpaired) electrons. The fourth-order valence-corrected chi connectivity index (χ4v) is 4.36. The third-order valence-electron chi connectivity index (χ3n) is 5.20. The summed E-state index contributed by atoms with van der Waals surface area (Å²) in [6.07, 6.45) is 2.59. The number of sulfone groups is 1. The fourth-order valence-electron chi connectivity index (χ4n) is 3.70. The van der Waals surface area contributed by atoms with Gasteiger partial charge in [-0.1, -0.05) is 12.1 Å². The first-order valence-electron chi connectivity index (χ1n) is 9.83.